The lowest BCUT2D eigenvalue weighted by molar-refractivity contribution is -0.137. The van der Waals surface area contributed by atoms with Crippen molar-refractivity contribution in [3.05, 3.63) is 53.1 Å². The Morgan fingerprint density at radius 1 is 1.30 bits per heavy atom. The van der Waals surface area contributed by atoms with E-state index >= 15 is 0 Å². The zero-order chi connectivity index (χ0) is 14.9. The van der Waals surface area contributed by atoms with Crippen LogP contribution in [0.4, 0.5) is 17.6 Å². The van der Waals surface area contributed by atoms with E-state index in [1.54, 1.807) is 6.92 Å². The van der Waals surface area contributed by atoms with Crippen molar-refractivity contribution in [3.63, 3.8) is 0 Å². The van der Waals surface area contributed by atoms with Gasteiger partial charge in [-0.3, -0.25) is 4.68 Å². The lowest BCUT2D eigenvalue weighted by Crippen LogP contribution is -2.12. The Labute approximate surface area is 112 Å². The van der Waals surface area contributed by atoms with Crippen LogP contribution in [-0.2, 0) is 12.7 Å². The van der Waals surface area contributed by atoms with Crippen LogP contribution in [-0.4, -0.2) is 14.9 Å². The Morgan fingerprint density at radius 2 is 2.00 bits per heavy atom. The van der Waals surface area contributed by atoms with Gasteiger partial charge in [0.2, 0.25) is 0 Å². The van der Waals surface area contributed by atoms with Gasteiger partial charge in [-0.15, -0.1) is 0 Å². The highest BCUT2D eigenvalue weighted by atomic mass is 19.4. The fourth-order valence-electron chi connectivity index (χ4n) is 1.93. The molecule has 0 aliphatic carbocycles. The second kappa shape index (κ2) is 5.24. The first-order valence-electron chi connectivity index (χ1n) is 5.91. The summed E-state index contributed by atoms with van der Waals surface area (Å²) in [6.45, 7) is 2.17. The summed E-state index contributed by atoms with van der Waals surface area (Å²) < 4.78 is 53.0. The Bertz CT molecular complexity index is 607. The van der Waals surface area contributed by atoms with Gasteiger partial charge in [0.25, 0.3) is 0 Å². The normalized spacial score (nSPS) is 13.5. The van der Waals surface area contributed by atoms with Crippen molar-refractivity contribution in [2.75, 3.05) is 0 Å². The van der Waals surface area contributed by atoms with E-state index in [1.807, 2.05) is 0 Å². The number of hydrogen-bond donors (Lipinski definition) is 1. The van der Waals surface area contributed by atoms with Crippen LogP contribution in [0.5, 0.6) is 0 Å². The Kier molecular flexibility index (Phi) is 3.80. The number of aryl methyl sites for hydroxylation is 1. The topological polar surface area (TPSA) is 38.0 Å². The molecule has 20 heavy (non-hydrogen) atoms. The highest BCUT2D eigenvalue weighted by molar-refractivity contribution is 5.32. The highest BCUT2D eigenvalue weighted by Gasteiger charge is 2.32. The number of alkyl halides is 3. The molecular weight excluding hydrogens is 276 g/mol. The van der Waals surface area contributed by atoms with Crippen LogP contribution in [0.25, 0.3) is 0 Å². The maximum absolute atomic E-state index is 13.7. The summed E-state index contributed by atoms with van der Waals surface area (Å²) in [7, 11) is 0. The molecule has 0 spiro atoms. The first-order chi connectivity index (χ1) is 9.34. The molecule has 1 unspecified atom stereocenters. The van der Waals surface area contributed by atoms with E-state index in [9.17, 15) is 22.7 Å². The van der Waals surface area contributed by atoms with Crippen molar-refractivity contribution in [1.29, 1.82) is 0 Å². The molecule has 2 rings (SSSR count). The van der Waals surface area contributed by atoms with Gasteiger partial charge in [0.05, 0.1) is 11.3 Å². The molecule has 3 nitrogen and oxygen atoms in total. The molecule has 1 aromatic carbocycles. The van der Waals surface area contributed by atoms with Crippen LogP contribution in [0.3, 0.4) is 0 Å². The molecule has 0 bridgehead atoms. The van der Waals surface area contributed by atoms with Crippen LogP contribution < -0.4 is 0 Å². The summed E-state index contributed by atoms with van der Waals surface area (Å²) in [5.41, 5.74) is -1.18. The van der Waals surface area contributed by atoms with Gasteiger partial charge in [0.1, 0.15) is 11.9 Å². The summed E-state index contributed by atoms with van der Waals surface area (Å²) >= 11 is 0. The molecule has 0 aliphatic rings. The number of benzene rings is 1. The number of aromatic nitrogens is 2. The van der Waals surface area contributed by atoms with E-state index in [-0.39, 0.29) is 5.69 Å². The minimum absolute atomic E-state index is 0.241. The molecule has 0 radical (unpaired) electrons. The molecule has 0 fully saturated rings. The zero-order valence-corrected chi connectivity index (χ0v) is 10.5. The Hall–Kier alpha value is -1.89. The molecular formula is C13H12F4N2O. The van der Waals surface area contributed by atoms with Crippen LogP contribution in [0.1, 0.15) is 29.8 Å². The van der Waals surface area contributed by atoms with Gasteiger partial charge in [-0.25, -0.2) is 4.39 Å². The SMILES string of the molecule is CCn1nccc1C(O)c1cc(C(F)(F)F)ccc1F. The largest absolute Gasteiger partial charge is 0.416 e. The summed E-state index contributed by atoms with van der Waals surface area (Å²) in [4.78, 5) is 0. The molecule has 0 saturated carbocycles. The van der Waals surface area contributed by atoms with Gasteiger partial charge in [-0.1, -0.05) is 0 Å². The van der Waals surface area contributed by atoms with Crippen molar-refractivity contribution < 1.29 is 22.7 Å². The summed E-state index contributed by atoms with van der Waals surface area (Å²) in [6.07, 6.45) is -4.69. The highest BCUT2D eigenvalue weighted by Crippen LogP contribution is 2.33. The van der Waals surface area contributed by atoms with Crippen molar-refractivity contribution in [2.24, 2.45) is 0 Å². The minimum Gasteiger partial charge on any atom is -0.382 e. The number of rotatable bonds is 3. The number of halogens is 4. The predicted molar refractivity (Wildman–Crippen MR) is 63.4 cm³/mol. The molecule has 0 amide bonds. The monoisotopic (exact) mass is 288 g/mol. The van der Waals surface area contributed by atoms with E-state index < -0.39 is 29.2 Å². The summed E-state index contributed by atoms with van der Waals surface area (Å²) in [6, 6.07) is 3.40. The third kappa shape index (κ3) is 2.67. The molecule has 1 N–H and O–H groups in total. The lowest BCUT2D eigenvalue weighted by Gasteiger charge is -2.15. The van der Waals surface area contributed by atoms with Crippen molar-refractivity contribution in [3.8, 4) is 0 Å². The molecule has 2 aromatic rings. The molecule has 7 heteroatoms. The van der Waals surface area contributed by atoms with Gasteiger partial charge in [0.15, 0.2) is 0 Å². The molecule has 0 aliphatic heterocycles. The Balaban J connectivity index is 2.46. The molecule has 1 heterocycles. The Morgan fingerprint density at radius 3 is 2.60 bits per heavy atom. The number of aliphatic hydroxyl groups excluding tert-OH is 1. The van der Waals surface area contributed by atoms with Gasteiger partial charge >= 0.3 is 6.18 Å². The van der Waals surface area contributed by atoms with Crippen molar-refractivity contribution in [1.82, 2.24) is 9.78 Å². The lowest BCUT2D eigenvalue weighted by atomic mass is 10.0. The van der Waals surface area contributed by atoms with Crippen LogP contribution in [0.15, 0.2) is 30.5 Å². The first kappa shape index (κ1) is 14.5. The number of nitrogens with zero attached hydrogens (tertiary/aromatic N) is 2. The first-order valence-corrected chi connectivity index (χ1v) is 5.91. The van der Waals surface area contributed by atoms with E-state index in [1.165, 1.54) is 16.9 Å². The minimum atomic E-state index is -4.59. The fraction of sp³-hybridized carbons (Fsp3) is 0.308. The average molecular weight is 288 g/mol. The quantitative estimate of drug-likeness (QED) is 0.881. The standard InChI is InChI=1S/C13H12F4N2O/c1-2-19-11(5-6-18-19)12(20)9-7-8(13(15,16)17)3-4-10(9)14/h3-7,12,20H,2H2,1H3. The van der Waals surface area contributed by atoms with Crippen molar-refractivity contribution >= 4 is 0 Å². The average Bonchev–Trinajstić information content (AvgIpc) is 2.85. The van der Waals surface area contributed by atoms with Crippen LogP contribution >= 0.6 is 0 Å². The van der Waals surface area contributed by atoms with Gasteiger partial charge in [-0.2, -0.15) is 18.3 Å². The number of aliphatic hydroxyl groups is 1. The van der Waals surface area contributed by atoms with E-state index in [4.69, 9.17) is 0 Å². The maximum Gasteiger partial charge on any atom is 0.416 e. The van der Waals surface area contributed by atoms with Crippen molar-refractivity contribution in [2.45, 2.75) is 25.7 Å². The summed E-state index contributed by atoms with van der Waals surface area (Å²) in [5.74, 6) is -0.894. The molecule has 108 valence electrons. The molecule has 0 saturated heterocycles. The van der Waals surface area contributed by atoms with E-state index in [0.717, 1.165) is 0 Å². The third-order valence-corrected chi connectivity index (χ3v) is 2.95. The van der Waals surface area contributed by atoms with E-state index in [0.29, 0.717) is 24.7 Å². The summed E-state index contributed by atoms with van der Waals surface area (Å²) in [5, 5.41) is 14.0. The maximum atomic E-state index is 13.7. The second-order valence-electron chi connectivity index (χ2n) is 4.21. The van der Waals surface area contributed by atoms with E-state index in [2.05, 4.69) is 5.10 Å². The van der Waals surface area contributed by atoms with Gasteiger partial charge < -0.3 is 5.11 Å². The van der Waals surface area contributed by atoms with Gasteiger partial charge in [0, 0.05) is 18.3 Å². The number of hydrogen-bond acceptors (Lipinski definition) is 2. The van der Waals surface area contributed by atoms with Crippen LogP contribution in [0, 0.1) is 5.82 Å². The third-order valence-electron chi connectivity index (χ3n) is 2.95. The zero-order valence-electron chi connectivity index (χ0n) is 10.5. The van der Waals surface area contributed by atoms with Gasteiger partial charge in [-0.05, 0) is 31.2 Å². The fourth-order valence-corrected chi connectivity index (χ4v) is 1.93. The smallest absolute Gasteiger partial charge is 0.382 e. The molecule has 1 atom stereocenters. The predicted octanol–water partition coefficient (Wildman–Crippen LogP) is 3.14. The van der Waals surface area contributed by atoms with Crippen LogP contribution in [0.2, 0.25) is 0 Å². The molecule has 1 aromatic heterocycles. The second-order valence-corrected chi connectivity index (χ2v) is 4.21.